The minimum absolute atomic E-state index is 0.290. The lowest BCUT2D eigenvalue weighted by Crippen LogP contribution is -1.95. The third kappa shape index (κ3) is 1.12. The Morgan fingerprint density at radius 2 is 2.31 bits per heavy atom. The molecule has 0 saturated carbocycles. The summed E-state index contributed by atoms with van der Waals surface area (Å²) in [6.07, 6.45) is 3.39. The second-order valence-corrected chi connectivity index (χ2v) is 2.68. The lowest BCUT2D eigenvalue weighted by atomic mass is 10.3. The molecular weight excluding hydrogens is 166 g/mol. The Morgan fingerprint density at radius 1 is 1.46 bits per heavy atom. The molecule has 0 aromatic carbocycles. The van der Waals surface area contributed by atoms with Gasteiger partial charge in [0.15, 0.2) is 5.65 Å². The normalized spacial score (nSPS) is 10.2. The van der Waals surface area contributed by atoms with Gasteiger partial charge in [-0.2, -0.15) is 5.26 Å². The van der Waals surface area contributed by atoms with Crippen molar-refractivity contribution in [3.63, 3.8) is 0 Å². The van der Waals surface area contributed by atoms with Crippen molar-refractivity contribution >= 4 is 11.2 Å². The van der Waals surface area contributed by atoms with E-state index < -0.39 is 0 Å². The van der Waals surface area contributed by atoms with Gasteiger partial charge in [0.1, 0.15) is 11.8 Å². The summed E-state index contributed by atoms with van der Waals surface area (Å²) in [5.74, 6) is 0. The van der Waals surface area contributed by atoms with Crippen molar-refractivity contribution in [1.82, 2.24) is 19.5 Å². The van der Waals surface area contributed by atoms with E-state index in [1.165, 1.54) is 6.33 Å². The number of rotatable bonds is 1. The second-order valence-electron chi connectivity index (χ2n) is 2.68. The maximum atomic E-state index is 8.57. The van der Waals surface area contributed by atoms with Crippen LogP contribution < -0.4 is 0 Å². The average Bonchev–Trinajstić information content (AvgIpc) is 2.50. The number of nitrogens with zero attached hydrogens (tertiary/aromatic N) is 5. The highest BCUT2D eigenvalue weighted by Gasteiger charge is 2.06. The van der Waals surface area contributed by atoms with E-state index in [0.29, 0.717) is 12.1 Å². The highest BCUT2D eigenvalue weighted by molar-refractivity contribution is 5.73. The zero-order chi connectivity index (χ0) is 9.26. The Morgan fingerprint density at radius 3 is 3.08 bits per heavy atom. The largest absolute Gasteiger partial charge is 0.331 e. The van der Waals surface area contributed by atoms with Gasteiger partial charge in [-0.1, -0.05) is 0 Å². The Labute approximate surface area is 74.7 Å². The Balaban J connectivity index is 2.74. The molecule has 0 aliphatic carbocycles. The predicted molar refractivity (Wildman–Crippen MR) is 45.6 cm³/mol. The number of hydrogen-bond donors (Lipinski definition) is 0. The average molecular weight is 173 g/mol. The summed E-state index contributed by atoms with van der Waals surface area (Å²) < 4.78 is 1.82. The topological polar surface area (TPSA) is 67.4 Å². The third-order valence-corrected chi connectivity index (χ3v) is 1.83. The molecule has 5 nitrogen and oxygen atoms in total. The summed E-state index contributed by atoms with van der Waals surface area (Å²) in [6.45, 7) is 0. The molecule has 64 valence electrons. The minimum Gasteiger partial charge on any atom is -0.331 e. The van der Waals surface area contributed by atoms with Crippen LogP contribution in [0.2, 0.25) is 0 Å². The van der Waals surface area contributed by atoms with Gasteiger partial charge in [-0.15, -0.1) is 0 Å². The summed E-state index contributed by atoms with van der Waals surface area (Å²) in [5, 5.41) is 8.57. The molecule has 0 bridgehead atoms. The lowest BCUT2D eigenvalue weighted by Gasteiger charge is -1.97. The number of nitriles is 1. The number of aromatic nitrogens is 4. The first-order valence-electron chi connectivity index (χ1n) is 3.81. The number of fused-ring (bicyclic) bond motifs is 1. The second kappa shape index (κ2) is 2.83. The van der Waals surface area contributed by atoms with Crippen LogP contribution in [0.15, 0.2) is 12.7 Å². The lowest BCUT2D eigenvalue weighted by molar-refractivity contribution is 0.931. The molecule has 0 N–H and O–H groups in total. The molecule has 5 heteroatoms. The van der Waals surface area contributed by atoms with Gasteiger partial charge in [0, 0.05) is 7.05 Å². The Kier molecular flexibility index (Phi) is 1.67. The van der Waals surface area contributed by atoms with Crippen LogP contribution in [0.4, 0.5) is 0 Å². The monoisotopic (exact) mass is 173 g/mol. The van der Waals surface area contributed by atoms with Crippen LogP contribution in [0.25, 0.3) is 11.2 Å². The number of imidazole rings is 1. The van der Waals surface area contributed by atoms with Crippen LogP contribution in [0, 0.1) is 11.3 Å². The first-order chi connectivity index (χ1) is 6.33. The molecule has 0 aliphatic rings. The van der Waals surface area contributed by atoms with E-state index >= 15 is 0 Å². The van der Waals surface area contributed by atoms with Crippen molar-refractivity contribution in [2.24, 2.45) is 7.05 Å². The van der Waals surface area contributed by atoms with Gasteiger partial charge in [-0.3, -0.25) is 0 Å². The van der Waals surface area contributed by atoms with Crippen LogP contribution in [0.1, 0.15) is 5.69 Å². The van der Waals surface area contributed by atoms with E-state index in [4.69, 9.17) is 5.26 Å². The van der Waals surface area contributed by atoms with E-state index in [1.807, 2.05) is 11.6 Å². The Bertz CT molecular complexity index is 479. The zero-order valence-electron chi connectivity index (χ0n) is 7.10. The molecule has 2 rings (SSSR count). The van der Waals surface area contributed by atoms with Crippen LogP contribution in [-0.4, -0.2) is 19.5 Å². The van der Waals surface area contributed by atoms with Crippen molar-refractivity contribution in [1.29, 1.82) is 5.26 Å². The minimum atomic E-state index is 0.290. The zero-order valence-corrected chi connectivity index (χ0v) is 7.10. The number of hydrogen-bond acceptors (Lipinski definition) is 4. The van der Waals surface area contributed by atoms with Gasteiger partial charge in [0.2, 0.25) is 0 Å². The van der Waals surface area contributed by atoms with Gasteiger partial charge < -0.3 is 4.57 Å². The van der Waals surface area contributed by atoms with Crippen molar-refractivity contribution in [2.45, 2.75) is 6.42 Å². The molecule has 0 radical (unpaired) electrons. The Hall–Kier alpha value is -1.96. The molecule has 0 unspecified atom stereocenters. The molecule has 2 heterocycles. The maximum absolute atomic E-state index is 8.57. The summed E-state index contributed by atoms with van der Waals surface area (Å²) >= 11 is 0. The van der Waals surface area contributed by atoms with Crippen LogP contribution >= 0.6 is 0 Å². The number of aryl methyl sites for hydroxylation is 1. The van der Waals surface area contributed by atoms with Gasteiger partial charge in [-0.05, 0) is 0 Å². The first kappa shape index (κ1) is 7.68. The summed E-state index contributed by atoms with van der Waals surface area (Å²) in [5.41, 5.74) is 2.21. The van der Waals surface area contributed by atoms with Crippen molar-refractivity contribution in [3.8, 4) is 6.07 Å². The summed E-state index contributed by atoms with van der Waals surface area (Å²) in [4.78, 5) is 12.1. The van der Waals surface area contributed by atoms with E-state index in [2.05, 4.69) is 21.0 Å². The highest BCUT2D eigenvalue weighted by atomic mass is 15.1. The molecule has 0 atom stereocenters. The van der Waals surface area contributed by atoms with Crippen LogP contribution in [-0.2, 0) is 13.5 Å². The SMILES string of the molecule is Cn1cnc2ncnc(CC#N)c21. The third-order valence-electron chi connectivity index (χ3n) is 1.83. The molecule has 0 amide bonds. The molecule has 13 heavy (non-hydrogen) atoms. The molecule has 0 aliphatic heterocycles. The first-order valence-corrected chi connectivity index (χ1v) is 3.81. The van der Waals surface area contributed by atoms with Crippen LogP contribution in [0.3, 0.4) is 0 Å². The van der Waals surface area contributed by atoms with Gasteiger partial charge in [-0.25, -0.2) is 15.0 Å². The van der Waals surface area contributed by atoms with Crippen molar-refractivity contribution in [2.75, 3.05) is 0 Å². The van der Waals surface area contributed by atoms with Gasteiger partial charge in [0.25, 0.3) is 0 Å². The molecule has 0 saturated heterocycles. The van der Waals surface area contributed by atoms with Crippen molar-refractivity contribution < 1.29 is 0 Å². The fraction of sp³-hybridized carbons (Fsp3) is 0.250. The predicted octanol–water partition coefficient (Wildman–Crippen LogP) is 0.429. The van der Waals surface area contributed by atoms with E-state index in [9.17, 15) is 0 Å². The molecule has 2 aromatic heterocycles. The van der Waals surface area contributed by atoms with Gasteiger partial charge in [0.05, 0.1) is 24.5 Å². The van der Waals surface area contributed by atoms with Crippen molar-refractivity contribution in [3.05, 3.63) is 18.3 Å². The maximum Gasteiger partial charge on any atom is 0.181 e. The van der Waals surface area contributed by atoms with E-state index in [1.54, 1.807) is 6.33 Å². The quantitative estimate of drug-likeness (QED) is 0.627. The molecule has 2 aromatic rings. The highest BCUT2D eigenvalue weighted by Crippen LogP contribution is 2.11. The summed E-state index contributed by atoms with van der Waals surface area (Å²) in [7, 11) is 1.86. The molecular formula is C8H7N5. The molecule has 0 fully saturated rings. The standard InChI is InChI=1S/C8H7N5/c1-13-5-12-8-7(13)6(2-3-9)10-4-11-8/h4-5H,2H2,1H3. The summed E-state index contributed by atoms with van der Waals surface area (Å²) in [6, 6.07) is 2.06. The van der Waals surface area contributed by atoms with E-state index in [-0.39, 0.29) is 0 Å². The van der Waals surface area contributed by atoms with Gasteiger partial charge >= 0.3 is 0 Å². The van der Waals surface area contributed by atoms with E-state index in [0.717, 1.165) is 11.2 Å². The molecule has 0 spiro atoms. The fourth-order valence-corrected chi connectivity index (χ4v) is 1.26. The smallest absolute Gasteiger partial charge is 0.181 e. The van der Waals surface area contributed by atoms with Crippen LogP contribution in [0.5, 0.6) is 0 Å². The fourth-order valence-electron chi connectivity index (χ4n) is 1.26.